The van der Waals surface area contributed by atoms with Crippen LogP contribution in [0.1, 0.15) is 17.9 Å². The van der Waals surface area contributed by atoms with Crippen molar-refractivity contribution < 1.29 is 4.42 Å². The molecule has 0 N–H and O–H groups in total. The lowest BCUT2D eigenvalue weighted by molar-refractivity contribution is 0.431. The Morgan fingerprint density at radius 1 is 1.55 bits per heavy atom. The molecule has 1 aromatic rings. The Bertz CT molecular complexity index is 212. The van der Waals surface area contributed by atoms with E-state index in [9.17, 15) is 0 Å². The fraction of sp³-hybridized carbons (Fsp3) is 0.500. The highest BCUT2D eigenvalue weighted by molar-refractivity contribution is 7.99. The molecule has 2 nitrogen and oxygen atoms in total. The van der Waals surface area contributed by atoms with Gasteiger partial charge in [0.1, 0.15) is 5.76 Å². The molecular weight excluding hydrogens is 158 g/mol. The monoisotopic (exact) mass is 170 g/mol. The van der Waals surface area contributed by atoms with Crippen molar-refractivity contribution in [1.29, 1.82) is 0 Å². The molecule has 11 heavy (non-hydrogen) atoms. The SMILES string of the molecule is [CH2]CCSc1nc(C)c(C)o1. The molecule has 1 heterocycles. The Morgan fingerprint density at radius 2 is 2.27 bits per heavy atom. The lowest BCUT2D eigenvalue weighted by Gasteiger charge is -1.89. The molecule has 3 heteroatoms. The summed E-state index contributed by atoms with van der Waals surface area (Å²) in [6.45, 7) is 7.62. The van der Waals surface area contributed by atoms with Crippen LogP contribution in [0.2, 0.25) is 0 Å². The third-order valence-electron chi connectivity index (χ3n) is 1.38. The molecule has 0 spiro atoms. The number of rotatable bonds is 3. The smallest absolute Gasteiger partial charge is 0.256 e. The van der Waals surface area contributed by atoms with E-state index in [4.69, 9.17) is 4.42 Å². The standard InChI is InChI=1S/C8H12NOS/c1-4-5-11-8-9-6(2)7(3)10-8/h1,4-5H2,2-3H3. The van der Waals surface area contributed by atoms with Gasteiger partial charge in [-0.1, -0.05) is 18.7 Å². The second-order valence-electron chi connectivity index (χ2n) is 2.32. The maximum Gasteiger partial charge on any atom is 0.256 e. The van der Waals surface area contributed by atoms with Crippen LogP contribution in [0.15, 0.2) is 9.64 Å². The van der Waals surface area contributed by atoms with Crippen LogP contribution in [0.4, 0.5) is 0 Å². The average molecular weight is 170 g/mol. The van der Waals surface area contributed by atoms with E-state index in [-0.39, 0.29) is 0 Å². The largest absolute Gasteiger partial charge is 0.437 e. The van der Waals surface area contributed by atoms with Crippen LogP contribution >= 0.6 is 11.8 Å². The minimum absolute atomic E-state index is 0.767. The molecule has 0 aliphatic carbocycles. The molecule has 1 rings (SSSR count). The lowest BCUT2D eigenvalue weighted by atomic mass is 10.4. The Hall–Kier alpha value is -0.440. The molecule has 0 aliphatic heterocycles. The van der Waals surface area contributed by atoms with Crippen LogP contribution in [0.5, 0.6) is 0 Å². The van der Waals surface area contributed by atoms with Crippen LogP contribution in [-0.2, 0) is 0 Å². The topological polar surface area (TPSA) is 26.0 Å². The van der Waals surface area contributed by atoms with Gasteiger partial charge in [-0.25, -0.2) is 4.98 Å². The van der Waals surface area contributed by atoms with E-state index in [1.54, 1.807) is 11.8 Å². The highest BCUT2D eigenvalue weighted by atomic mass is 32.2. The van der Waals surface area contributed by atoms with Crippen LogP contribution in [0.3, 0.4) is 0 Å². The van der Waals surface area contributed by atoms with Gasteiger partial charge in [0.05, 0.1) is 5.69 Å². The van der Waals surface area contributed by atoms with E-state index in [0.29, 0.717) is 0 Å². The summed E-state index contributed by atoms with van der Waals surface area (Å²) in [7, 11) is 0. The minimum Gasteiger partial charge on any atom is -0.437 e. The van der Waals surface area contributed by atoms with Crippen LogP contribution in [-0.4, -0.2) is 10.7 Å². The fourth-order valence-corrected chi connectivity index (χ4v) is 1.37. The highest BCUT2D eigenvalue weighted by Crippen LogP contribution is 2.20. The predicted molar refractivity (Wildman–Crippen MR) is 46.7 cm³/mol. The molecule has 0 bridgehead atoms. The predicted octanol–water partition coefficient (Wildman–Crippen LogP) is 2.61. The van der Waals surface area contributed by atoms with Gasteiger partial charge in [-0.2, -0.15) is 0 Å². The molecule has 1 radical (unpaired) electrons. The molecule has 0 aliphatic rings. The van der Waals surface area contributed by atoms with Crippen molar-refractivity contribution in [2.45, 2.75) is 25.5 Å². The third kappa shape index (κ3) is 2.26. The number of aromatic nitrogens is 1. The van der Waals surface area contributed by atoms with E-state index < -0.39 is 0 Å². The molecular formula is C8H12NOS. The Kier molecular flexibility index (Phi) is 3.00. The van der Waals surface area contributed by atoms with E-state index in [1.165, 1.54) is 0 Å². The number of oxazole rings is 1. The van der Waals surface area contributed by atoms with E-state index in [0.717, 1.165) is 28.9 Å². The third-order valence-corrected chi connectivity index (χ3v) is 2.29. The summed E-state index contributed by atoms with van der Waals surface area (Å²) in [6, 6.07) is 0. The Morgan fingerprint density at radius 3 is 2.73 bits per heavy atom. The van der Waals surface area contributed by atoms with Crippen molar-refractivity contribution >= 4 is 11.8 Å². The number of thioether (sulfide) groups is 1. The Labute approximate surface area is 71.4 Å². The van der Waals surface area contributed by atoms with Crippen molar-refractivity contribution in [2.24, 2.45) is 0 Å². The first-order valence-electron chi connectivity index (χ1n) is 3.60. The summed E-state index contributed by atoms with van der Waals surface area (Å²) >= 11 is 1.62. The minimum atomic E-state index is 0.767. The molecule has 0 saturated heterocycles. The second-order valence-corrected chi connectivity index (χ2v) is 3.37. The molecule has 0 fully saturated rings. The second kappa shape index (κ2) is 3.81. The van der Waals surface area contributed by atoms with E-state index in [1.807, 2.05) is 13.8 Å². The van der Waals surface area contributed by atoms with E-state index >= 15 is 0 Å². The molecule has 1 aromatic heterocycles. The molecule has 61 valence electrons. The maximum atomic E-state index is 5.34. The van der Waals surface area contributed by atoms with Crippen molar-refractivity contribution in [3.05, 3.63) is 18.4 Å². The summed E-state index contributed by atoms with van der Waals surface area (Å²) in [5.74, 6) is 1.89. The van der Waals surface area contributed by atoms with Crippen LogP contribution in [0.25, 0.3) is 0 Å². The van der Waals surface area contributed by atoms with Gasteiger partial charge < -0.3 is 4.42 Å². The summed E-state index contributed by atoms with van der Waals surface area (Å²) < 4.78 is 5.34. The summed E-state index contributed by atoms with van der Waals surface area (Å²) in [5.41, 5.74) is 0.983. The molecule has 0 atom stereocenters. The number of nitrogens with zero attached hydrogens (tertiary/aromatic N) is 1. The first-order valence-corrected chi connectivity index (χ1v) is 4.58. The number of hydrogen-bond acceptors (Lipinski definition) is 3. The van der Waals surface area contributed by atoms with E-state index in [2.05, 4.69) is 11.9 Å². The highest BCUT2D eigenvalue weighted by Gasteiger charge is 2.04. The average Bonchev–Trinajstić information content (AvgIpc) is 2.28. The molecule has 0 saturated carbocycles. The fourth-order valence-electron chi connectivity index (χ4n) is 0.665. The van der Waals surface area contributed by atoms with Gasteiger partial charge in [-0.15, -0.1) is 0 Å². The van der Waals surface area contributed by atoms with Gasteiger partial charge >= 0.3 is 0 Å². The molecule has 0 aromatic carbocycles. The normalized spacial score (nSPS) is 10.5. The van der Waals surface area contributed by atoms with Gasteiger partial charge in [0, 0.05) is 5.75 Å². The zero-order valence-corrected chi connectivity index (χ0v) is 7.70. The zero-order chi connectivity index (χ0) is 8.27. The maximum absolute atomic E-state index is 5.34. The first kappa shape index (κ1) is 8.65. The zero-order valence-electron chi connectivity index (χ0n) is 6.89. The summed E-state index contributed by atoms with van der Waals surface area (Å²) in [4.78, 5) is 4.22. The van der Waals surface area contributed by atoms with Crippen molar-refractivity contribution in [1.82, 2.24) is 4.98 Å². The van der Waals surface area contributed by atoms with Crippen LogP contribution in [0, 0.1) is 20.8 Å². The Balaban J connectivity index is 2.58. The lowest BCUT2D eigenvalue weighted by Crippen LogP contribution is -1.75. The summed E-state index contributed by atoms with van der Waals surface area (Å²) in [6.07, 6.45) is 0.908. The van der Waals surface area contributed by atoms with Gasteiger partial charge in [-0.3, -0.25) is 0 Å². The van der Waals surface area contributed by atoms with Crippen LogP contribution < -0.4 is 0 Å². The number of aryl methyl sites for hydroxylation is 2. The van der Waals surface area contributed by atoms with Gasteiger partial charge in [-0.05, 0) is 20.3 Å². The van der Waals surface area contributed by atoms with Crippen molar-refractivity contribution in [2.75, 3.05) is 5.75 Å². The van der Waals surface area contributed by atoms with Gasteiger partial charge in [0.25, 0.3) is 5.22 Å². The molecule has 0 unspecified atom stereocenters. The quantitative estimate of drug-likeness (QED) is 0.652. The van der Waals surface area contributed by atoms with Gasteiger partial charge in [0.2, 0.25) is 0 Å². The number of hydrogen-bond donors (Lipinski definition) is 0. The summed E-state index contributed by atoms with van der Waals surface area (Å²) in [5, 5.41) is 0.767. The first-order chi connectivity index (χ1) is 5.24. The van der Waals surface area contributed by atoms with Crippen molar-refractivity contribution in [3.63, 3.8) is 0 Å². The molecule has 0 amide bonds. The van der Waals surface area contributed by atoms with Gasteiger partial charge in [0.15, 0.2) is 0 Å². The van der Waals surface area contributed by atoms with Crippen molar-refractivity contribution in [3.8, 4) is 0 Å².